The number of carbonyl (C=O) groups excluding carboxylic acids is 3. The Labute approximate surface area is 203 Å². The minimum Gasteiger partial charge on any atom is -0.492 e. The maximum absolute atomic E-state index is 11.8. The first-order valence-corrected chi connectivity index (χ1v) is 11.8. The fraction of sp³-hybridized carbons (Fsp3) is 0.640. The number of unbranched alkanes of at least 4 members (excludes halogenated alkanes) is 1. The van der Waals surface area contributed by atoms with Gasteiger partial charge >= 0.3 is 18.0 Å². The van der Waals surface area contributed by atoms with E-state index in [1.165, 1.54) is 5.56 Å². The molecule has 0 aliphatic carbocycles. The van der Waals surface area contributed by atoms with Crippen LogP contribution in [-0.2, 0) is 30.2 Å². The van der Waals surface area contributed by atoms with Crippen LogP contribution in [0.15, 0.2) is 24.3 Å². The van der Waals surface area contributed by atoms with E-state index in [0.29, 0.717) is 25.4 Å². The summed E-state index contributed by atoms with van der Waals surface area (Å²) < 4.78 is 20.9. The van der Waals surface area contributed by atoms with Crippen molar-refractivity contribution in [1.82, 2.24) is 10.2 Å². The van der Waals surface area contributed by atoms with Gasteiger partial charge in [0, 0.05) is 13.1 Å². The number of alkyl carbamates (subject to hydrolysis) is 1. The molecule has 1 aromatic carbocycles. The molecule has 0 unspecified atom stereocenters. The van der Waals surface area contributed by atoms with Crippen LogP contribution >= 0.6 is 0 Å². The molecule has 0 heterocycles. The quantitative estimate of drug-likeness (QED) is 0.232. The summed E-state index contributed by atoms with van der Waals surface area (Å²) >= 11 is 0. The molecule has 0 aliphatic rings. The van der Waals surface area contributed by atoms with Crippen LogP contribution in [0.3, 0.4) is 0 Å². The fourth-order valence-corrected chi connectivity index (χ4v) is 3.00. The molecule has 1 amide bonds. The zero-order valence-electron chi connectivity index (χ0n) is 21.2. The highest BCUT2D eigenvalue weighted by Crippen LogP contribution is 2.14. The van der Waals surface area contributed by atoms with Gasteiger partial charge in [0.25, 0.3) is 0 Å². The number of esters is 2. The number of nitrogens with one attached hydrogen (secondary N) is 1. The fourth-order valence-electron chi connectivity index (χ4n) is 3.00. The molecule has 34 heavy (non-hydrogen) atoms. The van der Waals surface area contributed by atoms with Crippen molar-refractivity contribution in [3.63, 3.8) is 0 Å². The van der Waals surface area contributed by atoms with Crippen molar-refractivity contribution in [3.05, 3.63) is 29.8 Å². The highest BCUT2D eigenvalue weighted by molar-refractivity contribution is 5.75. The normalized spacial score (nSPS) is 11.1. The summed E-state index contributed by atoms with van der Waals surface area (Å²) in [5.74, 6) is -0.0718. The molecule has 9 heteroatoms. The Morgan fingerprint density at radius 2 is 1.50 bits per heavy atom. The number of aryl methyl sites for hydroxylation is 1. The zero-order chi connectivity index (χ0) is 25.4. The molecule has 0 saturated carbocycles. The molecular formula is C25H40N2O7. The number of ether oxygens (including phenoxy) is 4. The van der Waals surface area contributed by atoms with Crippen molar-refractivity contribution in [3.8, 4) is 5.75 Å². The lowest BCUT2D eigenvalue weighted by atomic mass is 10.1. The van der Waals surface area contributed by atoms with Gasteiger partial charge in [-0.25, -0.2) is 4.79 Å². The lowest BCUT2D eigenvalue weighted by Crippen LogP contribution is -2.38. The van der Waals surface area contributed by atoms with E-state index in [9.17, 15) is 14.4 Å². The molecule has 0 saturated heterocycles. The van der Waals surface area contributed by atoms with E-state index in [2.05, 4.69) is 5.32 Å². The maximum Gasteiger partial charge on any atom is 0.407 e. The molecule has 9 nitrogen and oxygen atoms in total. The van der Waals surface area contributed by atoms with Crippen molar-refractivity contribution in [2.24, 2.45) is 0 Å². The van der Waals surface area contributed by atoms with Crippen LogP contribution in [0.4, 0.5) is 4.79 Å². The minimum atomic E-state index is -0.492. The van der Waals surface area contributed by atoms with E-state index in [1.54, 1.807) is 18.7 Å². The van der Waals surface area contributed by atoms with Crippen molar-refractivity contribution < 1.29 is 33.3 Å². The van der Waals surface area contributed by atoms with E-state index in [1.807, 2.05) is 45.0 Å². The molecule has 0 atom stereocenters. The number of benzene rings is 1. The van der Waals surface area contributed by atoms with Crippen LogP contribution in [0.5, 0.6) is 5.75 Å². The molecule has 1 rings (SSSR count). The number of amides is 1. The third-order valence-electron chi connectivity index (χ3n) is 4.48. The number of nitrogens with zero attached hydrogens (tertiary/aromatic N) is 1. The van der Waals surface area contributed by atoms with Crippen molar-refractivity contribution in [1.29, 1.82) is 0 Å². The lowest BCUT2D eigenvalue weighted by Gasteiger charge is -2.20. The van der Waals surface area contributed by atoms with Gasteiger partial charge in [-0.3, -0.25) is 14.5 Å². The summed E-state index contributed by atoms with van der Waals surface area (Å²) in [7, 11) is 0. The second kappa shape index (κ2) is 15.9. The Morgan fingerprint density at radius 1 is 0.912 bits per heavy atom. The van der Waals surface area contributed by atoms with Gasteiger partial charge in [0.15, 0.2) is 0 Å². The minimum absolute atomic E-state index is 0.00225. The van der Waals surface area contributed by atoms with Crippen LogP contribution in [-0.4, -0.2) is 74.5 Å². The summed E-state index contributed by atoms with van der Waals surface area (Å²) in [6.07, 6.45) is 2.29. The van der Waals surface area contributed by atoms with Gasteiger partial charge in [0.1, 0.15) is 18.0 Å². The summed E-state index contributed by atoms with van der Waals surface area (Å²) in [6.45, 7) is 10.8. The Hall–Kier alpha value is -2.81. The molecular weight excluding hydrogens is 440 g/mol. The predicted molar refractivity (Wildman–Crippen MR) is 129 cm³/mol. The molecule has 0 fully saturated rings. The van der Waals surface area contributed by atoms with E-state index in [4.69, 9.17) is 18.9 Å². The van der Waals surface area contributed by atoms with Crippen LogP contribution in [0.1, 0.15) is 53.0 Å². The Morgan fingerprint density at radius 3 is 2.03 bits per heavy atom. The predicted octanol–water partition coefficient (Wildman–Crippen LogP) is 3.34. The van der Waals surface area contributed by atoms with Crippen LogP contribution < -0.4 is 10.1 Å². The standard InChI is InChI=1S/C25H40N2O7/c1-6-31-22(28)18-27(19-23(29)32-7-2)16-17-33-21-13-11-20(12-14-21)10-8-9-15-26-24(30)34-25(3,4)5/h11-14H,6-10,15-19H2,1-5H3,(H,26,30). The van der Waals surface area contributed by atoms with Crippen LogP contribution in [0.25, 0.3) is 0 Å². The molecule has 1 aromatic rings. The molecule has 0 aromatic heterocycles. The third kappa shape index (κ3) is 14.4. The first kappa shape index (κ1) is 29.2. The summed E-state index contributed by atoms with van der Waals surface area (Å²) in [5, 5.41) is 2.76. The van der Waals surface area contributed by atoms with Gasteiger partial charge in [0.2, 0.25) is 0 Å². The zero-order valence-corrected chi connectivity index (χ0v) is 21.2. The van der Waals surface area contributed by atoms with E-state index in [0.717, 1.165) is 19.3 Å². The second-order valence-corrected chi connectivity index (χ2v) is 8.70. The molecule has 1 N–H and O–H groups in total. The highest BCUT2D eigenvalue weighted by Gasteiger charge is 2.17. The molecule has 0 aliphatic heterocycles. The second-order valence-electron chi connectivity index (χ2n) is 8.70. The smallest absolute Gasteiger partial charge is 0.407 e. The van der Waals surface area contributed by atoms with Crippen LogP contribution in [0, 0.1) is 0 Å². The Kier molecular flexibility index (Phi) is 13.7. The van der Waals surface area contributed by atoms with Crippen molar-refractivity contribution >= 4 is 18.0 Å². The molecule has 0 bridgehead atoms. The van der Waals surface area contributed by atoms with Gasteiger partial charge in [-0.05, 0) is 71.6 Å². The largest absolute Gasteiger partial charge is 0.492 e. The van der Waals surface area contributed by atoms with Crippen molar-refractivity contribution in [2.75, 3.05) is 46.0 Å². The van der Waals surface area contributed by atoms with Gasteiger partial charge in [-0.2, -0.15) is 0 Å². The SMILES string of the molecule is CCOC(=O)CN(CCOc1ccc(CCCCNC(=O)OC(C)(C)C)cc1)CC(=O)OCC. The van der Waals surface area contributed by atoms with E-state index < -0.39 is 23.6 Å². The molecule has 192 valence electrons. The van der Waals surface area contributed by atoms with Crippen LogP contribution in [0.2, 0.25) is 0 Å². The topological polar surface area (TPSA) is 103 Å². The monoisotopic (exact) mass is 480 g/mol. The van der Waals surface area contributed by atoms with E-state index in [-0.39, 0.29) is 26.3 Å². The first-order chi connectivity index (χ1) is 16.1. The third-order valence-corrected chi connectivity index (χ3v) is 4.48. The average Bonchev–Trinajstić information content (AvgIpc) is 2.73. The summed E-state index contributed by atoms with van der Waals surface area (Å²) in [6, 6.07) is 7.81. The molecule has 0 spiro atoms. The number of rotatable bonds is 15. The number of hydrogen-bond acceptors (Lipinski definition) is 8. The van der Waals surface area contributed by atoms with Crippen molar-refractivity contribution in [2.45, 2.75) is 59.5 Å². The number of hydrogen-bond donors (Lipinski definition) is 1. The lowest BCUT2D eigenvalue weighted by molar-refractivity contribution is -0.148. The molecule has 0 radical (unpaired) electrons. The van der Waals surface area contributed by atoms with Gasteiger partial charge < -0.3 is 24.3 Å². The Balaban J connectivity index is 2.36. The maximum atomic E-state index is 11.8. The Bertz CT molecular complexity index is 725. The summed E-state index contributed by atoms with van der Waals surface area (Å²) in [4.78, 5) is 36.9. The number of carbonyl (C=O) groups is 3. The highest BCUT2D eigenvalue weighted by atomic mass is 16.6. The average molecular weight is 481 g/mol. The van der Waals surface area contributed by atoms with Gasteiger partial charge in [-0.15, -0.1) is 0 Å². The van der Waals surface area contributed by atoms with Gasteiger partial charge in [-0.1, -0.05) is 12.1 Å². The van der Waals surface area contributed by atoms with E-state index >= 15 is 0 Å². The summed E-state index contributed by atoms with van der Waals surface area (Å²) in [5.41, 5.74) is 0.685. The first-order valence-electron chi connectivity index (χ1n) is 11.8. The van der Waals surface area contributed by atoms with Gasteiger partial charge in [0.05, 0.1) is 26.3 Å².